The second-order valence-electron chi connectivity index (χ2n) is 6.43. The van der Waals surface area contributed by atoms with Crippen molar-refractivity contribution in [3.63, 3.8) is 0 Å². The first-order valence-electron chi connectivity index (χ1n) is 9.80. The second-order valence-corrected chi connectivity index (χ2v) is 6.43. The van der Waals surface area contributed by atoms with Crippen LogP contribution >= 0.6 is 0 Å². The van der Waals surface area contributed by atoms with Crippen molar-refractivity contribution < 1.29 is 0 Å². The average molecular weight is 343 g/mol. The van der Waals surface area contributed by atoms with Gasteiger partial charge in [-0.2, -0.15) is 0 Å². The van der Waals surface area contributed by atoms with E-state index in [-0.39, 0.29) is 0 Å². The first-order chi connectivity index (χ1) is 12.0. The molecule has 0 spiro atoms. The van der Waals surface area contributed by atoms with Gasteiger partial charge in [0.05, 0.1) is 0 Å². The van der Waals surface area contributed by atoms with Crippen LogP contribution in [0.5, 0.6) is 0 Å². The average Bonchev–Trinajstić information content (AvgIpc) is 2.63. The highest BCUT2D eigenvalue weighted by molar-refractivity contribution is 5.19. The van der Waals surface area contributed by atoms with Crippen LogP contribution < -0.4 is 0 Å². The minimum absolute atomic E-state index is 1.02. The Hall–Kier alpha value is -1.56. The summed E-state index contributed by atoms with van der Waals surface area (Å²) in [5.41, 5.74) is 5.96. The first kappa shape index (κ1) is 25.7. The van der Waals surface area contributed by atoms with Gasteiger partial charge in [0.15, 0.2) is 0 Å². The van der Waals surface area contributed by atoms with E-state index in [1.165, 1.54) is 35.1 Å². The van der Waals surface area contributed by atoms with Crippen LogP contribution in [-0.4, -0.2) is 0 Å². The van der Waals surface area contributed by atoms with Crippen LogP contribution in [0, 0.1) is 0 Å². The molecule has 0 bridgehead atoms. The van der Waals surface area contributed by atoms with E-state index in [1.807, 2.05) is 12.2 Å². The smallest absolute Gasteiger partial charge is 0.0106 e. The van der Waals surface area contributed by atoms with Crippen LogP contribution in [0.15, 0.2) is 71.9 Å². The Morgan fingerprint density at radius 1 is 0.760 bits per heavy atom. The number of allylic oxidation sites excluding steroid dienone is 10. The molecule has 25 heavy (non-hydrogen) atoms. The van der Waals surface area contributed by atoms with Crippen LogP contribution in [0.4, 0.5) is 0 Å². The molecule has 0 amide bonds. The first-order valence-corrected chi connectivity index (χ1v) is 9.80. The van der Waals surface area contributed by atoms with Crippen molar-refractivity contribution in [2.24, 2.45) is 0 Å². The molecular weight excluding hydrogens is 300 g/mol. The fourth-order valence-electron chi connectivity index (χ4n) is 2.29. The van der Waals surface area contributed by atoms with E-state index in [0.717, 1.165) is 32.1 Å². The minimum atomic E-state index is 1.02. The molecule has 0 atom stereocenters. The Balaban J connectivity index is 0. The summed E-state index contributed by atoms with van der Waals surface area (Å²) in [5.74, 6) is 0. The molecule has 0 saturated carbocycles. The van der Waals surface area contributed by atoms with Gasteiger partial charge in [-0.05, 0) is 66.2 Å². The lowest BCUT2D eigenvalue weighted by Crippen LogP contribution is -1.87. The van der Waals surface area contributed by atoms with Crippen molar-refractivity contribution >= 4 is 0 Å². The Bertz CT molecular complexity index is 466. The van der Waals surface area contributed by atoms with Crippen molar-refractivity contribution in [3.8, 4) is 0 Å². The van der Waals surface area contributed by atoms with E-state index in [4.69, 9.17) is 0 Å². The summed E-state index contributed by atoms with van der Waals surface area (Å²) in [4.78, 5) is 0. The van der Waals surface area contributed by atoms with E-state index in [0.29, 0.717) is 0 Å². The zero-order chi connectivity index (χ0) is 19.5. The molecule has 0 aromatic rings. The molecular formula is C25H42. The van der Waals surface area contributed by atoms with Crippen molar-refractivity contribution in [1.82, 2.24) is 0 Å². The lowest BCUT2D eigenvalue weighted by atomic mass is 9.99. The third kappa shape index (κ3) is 15.7. The maximum Gasteiger partial charge on any atom is -0.0106 e. The molecule has 0 nitrogen and oxygen atoms in total. The largest absolute Gasteiger partial charge is 0.103 e. The predicted octanol–water partition coefficient (Wildman–Crippen LogP) is 8.90. The molecule has 0 aliphatic carbocycles. The maximum atomic E-state index is 3.76. The lowest BCUT2D eigenvalue weighted by Gasteiger charge is -2.08. The van der Waals surface area contributed by atoms with E-state index in [9.17, 15) is 0 Å². The fourth-order valence-corrected chi connectivity index (χ4v) is 2.29. The summed E-state index contributed by atoms with van der Waals surface area (Å²) in [7, 11) is 0. The molecule has 142 valence electrons. The standard InChI is InChI=1S/C13H22.C12H20/c1-6-9-13(8-3)10-12(5)11(4)7-2;1-4-7-8-9-11-12(6-3)10-5-2/h6,8H,1,7,9-10H2,2-5H3;5-6,8-9H,2,4,7,10-11H2,1,3H3. The van der Waals surface area contributed by atoms with E-state index < -0.39 is 0 Å². The van der Waals surface area contributed by atoms with Gasteiger partial charge in [-0.15, -0.1) is 13.2 Å². The van der Waals surface area contributed by atoms with Gasteiger partial charge >= 0.3 is 0 Å². The Labute approximate surface area is 158 Å². The van der Waals surface area contributed by atoms with Gasteiger partial charge in [0.25, 0.3) is 0 Å². The second kappa shape index (κ2) is 18.8. The number of hydrogen-bond donors (Lipinski definition) is 0. The summed E-state index contributed by atoms with van der Waals surface area (Å²) in [6, 6.07) is 0. The minimum Gasteiger partial charge on any atom is -0.103 e. The molecule has 0 aliphatic rings. The van der Waals surface area contributed by atoms with Crippen molar-refractivity contribution in [1.29, 1.82) is 0 Å². The number of rotatable bonds is 11. The maximum absolute atomic E-state index is 3.76. The summed E-state index contributed by atoms with van der Waals surface area (Å²) in [6.07, 6.45) is 20.7. The highest BCUT2D eigenvalue weighted by atomic mass is 14.0. The molecule has 0 unspecified atom stereocenters. The van der Waals surface area contributed by atoms with Crippen LogP contribution in [0.2, 0.25) is 0 Å². The fraction of sp³-hybridized carbons (Fsp3) is 0.520. The molecule has 0 radical (unpaired) electrons. The number of hydrogen-bond acceptors (Lipinski definition) is 0. The molecule has 0 N–H and O–H groups in total. The van der Waals surface area contributed by atoms with Gasteiger partial charge in [-0.1, -0.05) is 79.0 Å². The van der Waals surface area contributed by atoms with Crippen LogP contribution in [-0.2, 0) is 0 Å². The highest BCUT2D eigenvalue weighted by Gasteiger charge is 1.98. The monoisotopic (exact) mass is 342 g/mol. The van der Waals surface area contributed by atoms with Crippen LogP contribution in [0.25, 0.3) is 0 Å². The third-order valence-corrected chi connectivity index (χ3v) is 4.38. The van der Waals surface area contributed by atoms with Crippen molar-refractivity contribution in [3.05, 3.63) is 71.9 Å². The summed E-state index contributed by atoms with van der Waals surface area (Å²) >= 11 is 0. The van der Waals surface area contributed by atoms with Crippen LogP contribution in [0.3, 0.4) is 0 Å². The lowest BCUT2D eigenvalue weighted by molar-refractivity contribution is 0.950. The topological polar surface area (TPSA) is 0 Å². The summed E-state index contributed by atoms with van der Waals surface area (Å²) in [6.45, 7) is 20.5. The molecule has 0 rings (SSSR count). The summed E-state index contributed by atoms with van der Waals surface area (Å²) in [5, 5.41) is 0. The molecule has 0 aromatic carbocycles. The Kier molecular flexibility index (Phi) is 19.3. The van der Waals surface area contributed by atoms with Crippen molar-refractivity contribution in [2.75, 3.05) is 0 Å². The molecule has 0 aliphatic heterocycles. The predicted molar refractivity (Wildman–Crippen MR) is 119 cm³/mol. The van der Waals surface area contributed by atoms with E-state index in [2.05, 4.69) is 79.0 Å². The SMILES string of the molecule is C=CCC(=CC)CC(C)=C(C)CC.C=CCC(=CC)CC=CCCC. The highest BCUT2D eigenvalue weighted by Crippen LogP contribution is 2.18. The van der Waals surface area contributed by atoms with Crippen LogP contribution in [0.1, 0.15) is 86.5 Å². The summed E-state index contributed by atoms with van der Waals surface area (Å²) < 4.78 is 0. The van der Waals surface area contributed by atoms with Crippen molar-refractivity contribution in [2.45, 2.75) is 86.5 Å². The zero-order valence-corrected chi connectivity index (χ0v) is 17.8. The molecule has 0 fully saturated rings. The normalized spacial score (nSPS) is 13.2. The van der Waals surface area contributed by atoms with E-state index >= 15 is 0 Å². The van der Waals surface area contributed by atoms with Gasteiger partial charge in [0, 0.05) is 0 Å². The Morgan fingerprint density at radius 2 is 1.32 bits per heavy atom. The third-order valence-electron chi connectivity index (χ3n) is 4.38. The van der Waals surface area contributed by atoms with Gasteiger partial charge in [0.1, 0.15) is 0 Å². The van der Waals surface area contributed by atoms with Gasteiger partial charge in [-0.3, -0.25) is 0 Å². The molecule has 0 aromatic heterocycles. The van der Waals surface area contributed by atoms with Gasteiger partial charge in [0.2, 0.25) is 0 Å². The van der Waals surface area contributed by atoms with Gasteiger partial charge in [-0.25, -0.2) is 0 Å². The van der Waals surface area contributed by atoms with E-state index in [1.54, 1.807) is 0 Å². The molecule has 0 heterocycles. The van der Waals surface area contributed by atoms with Gasteiger partial charge < -0.3 is 0 Å². The Morgan fingerprint density at radius 3 is 1.76 bits per heavy atom. The molecule has 0 heteroatoms. The quantitative estimate of drug-likeness (QED) is 0.329. The zero-order valence-electron chi connectivity index (χ0n) is 17.8. The molecule has 0 saturated heterocycles. The number of unbranched alkanes of at least 4 members (excludes halogenated alkanes) is 1.